The molecule has 4 heteroatoms. The molecule has 1 atom stereocenters. The first-order chi connectivity index (χ1) is 17.6. The summed E-state index contributed by atoms with van der Waals surface area (Å²) < 4.78 is 0. The van der Waals surface area contributed by atoms with E-state index in [9.17, 15) is 0 Å². The van der Waals surface area contributed by atoms with E-state index in [2.05, 4.69) is 127 Å². The Kier molecular flexibility index (Phi) is 7.64. The van der Waals surface area contributed by atoms with Crippen LogP contribution in [0.25, 0.3) is 11.4 Å². The molecule has 0 aliphatic carbocycles. The Morgan fingerprint density at radius 1 is 0.750 bits per heavy atom. The lowest BCUT2D eigenvalue weighted by Crippen LogP contribution is -2.49. The number of aryl methyl sites for hydroxylation is 1. The molecule has 0 radical (unpaired) electrons. The van der Waals surface area contributed by atoms with E-state index in [1.165, 1.54) is 22.5 Å². The van der Waals surface area contributed by atoms with Crippen LogP contribution in [0.15, 0.2) is 91.0 Å². The van der Waals surface area contributed by atoms with Crippen molar-refractivity contribution in [1.29, 1.82) is 0 Å². The van der Waals surface area contributed by atoms with Crippen LogP contribution in [0.3, 0.4) is 0 Å². The van der Waals surface area contributed by atoms with Gasteiger partial charge in [-0.25, -0.2) is 4.98 Å². The van der Waals surface area contributed by atoms with Crippen LogP contribution in [0, 0.1) is 12.8 Å². The zero-order chi connectivity index (χ0) is 24.9. The van der Waals surface area contributed by atoms with Gasteiger partial charge in [0.25, 0.3) is 0 Å². The molecule has 0 saturated carbocycles. The summed E-state index contributed by atoms with van der Waals surface area (Å²) in [5, 5.41) is 0. The fraction of sp³-hybridized carbons (Fsp3) is 0.344. The van der Waals surface area contributed by atoms with E-state index >= 15 is 0 Å². The predicted molar refractivity (Wildman–Crippen MR) is 149 cm³/mol. The molecule has 1 N–H and O–H groups in total. The molecule has 1 fully saturated rings. The number of aromatic nitrogens is 2. The lowest BCUT2D eigenvalue weighted by molar-refractivity contribution is 0.0724. The summed E-state index contributed by atoms with van der Waals surface area (Å²) in [6.45, 7) is 12.2. The van der Waals surface area contributed by atoms with E-state index in [0.717, 1.165) is 44.1 Å². The van der Waals surface area contributed by atoms with Crippen LogP contribution in [-0.2, 0) is 0 Å². The molecule has 0 spiro atoms. The van der Waals surface area contributed by atoms with Gasteiger partial charge < -0.3 is 4.98 Å². The van der Waals surface area contributed by atoms with Gasteiger partial charge in [-0.05, 0) is 24.0 Å². The quantitative estimate of drug-likeness (QED) is 0.313. The van der Waals surface area contributed by atoms with Crippen LogP contribution in [0.1, 0.15) is 48.3 Å². The Hall–Kier alpha value is -3.21. The molecule has 3 aromatic carbocycles. The third-order valence-electron chi connectivity index (χ3n) is 7.53. The maximum atomic E-state index is 5.11. The van der Waals surface area contributed by atoms with E-state index < -0.39 is 0 Å². The van der Waals surface area contributed by atoms with Gasteiger partial charge in [0, 0.05) is 49.9 Å². The molecule has 0 amide bonds. The van der Waals surface area contributed by atoms with Crippen molar-refractivity contribution in [2.45, 2.75) is 32.7 Å². The molecule has 4 nitrogen and oxygen atoms in total. The van der Waals surface area contributed by atoms with Crippen LogP contribution in [0.4, 0.5) is 0 Å². The third-order valence-corrected chi connectivity index (χ3v) is 7.53. The predicted octanol–water partition coefficient (Wildman–Crippen LogP) is 6.53. The van der Waals surface area contributed by atoms with E-state index in [0.29, 0.717) is 17.9 Å². The topological polar surface area (TPSA) is 35.2 Å². The number of rotatable bonds is 8. The molecule has 1 saturated heterocycles. The molecule has 0 bridgehead atoms. The van der Waals surface area contributed by atoms with Gasteiger partial charge in [-0.3, -0.25) is 9.80 Å². The van der Waals surface area contributed by atoms with Crippen molar-refractivity contribution in [3.8, 4) is 11.4 Å². The highest BCUT2D eigenvalue weighted by molar-refractivity contribution is 5.55. The monoisotopic (exact) mass is 478 g/mol. The standard InChI is InChI=1S/C32H38N4/c1-24(2)31(30-25(3)33-32(34-30)28-17-11-6-12-18-28)36-21-19-35(20-22-36)23-29(26-13-7-4-8-14-26)27-15-9-5-10-16-27/h4-18,24,29,31H,19-23H2,1-3H3,(H,33,34). The zero-order valence-electron chi connectivity index (χ0n) is 21.8. The smallest absolute Gasteiger partial charge is 0.137 e. The Morgan fingerprint density at radius 2 is 1.28 bits per heavy atom. The lowest BCUT2D eigenvalue weighted by Gasteiger charge is -2.41. The summed E-state index contributed by atoms with van der Waals surface area (Å²) in [7, 11) is 0. The van der Waals surface area contributed by atoms with Crippen molar-refractivity contribution in [2.24, 2.45) is 5.92 Å². The van der Waals surface area contributed by atoms with Crippen LogP contribution < -0.4 is 0 Å². The number of hydrogen-bond acceptors (Lipinski definition) is 3. The molecule has 4 aromatic rings. The number of nitrogens with one attached hydrogen (secondary N) is 1. The summed E-state index contributed by atoms with van der Waals surface area (Å²) in [5.41, 5.74) is 6.32. The minimum absolute atomic E-state index is 0.319. The van der Waals surface area contributed by atoms with Crippen LogP contribution >= 0.6 is 0 Å². The normalized spacial score (nSPS) is 16.0. The highest BCUT2D eigenvalue weighted by Gasteiger charge is 2.31. The fourth-order valence-corrected chi connectivity index (χ4v) is 5.66. The molecule has 1 unspecified atom stereocenters. The Bertz CT molecular complexity index is 1170. The second kappa shape index (κ2) is 11.2. The SMILES string of the molecule is Cc1[nH]c(-c2ccccc2)nc1C(C(C)C)N1CCN(CC(c2ccccc2)c2ccccc2)CC1. The van der Waals surface area contributed by atoms with E-state index in [4.69, 9.17) is 4.98 Å². The second-order valence-corrected chi connectivity index (χ2v) is 10.4. The number of hydrogen-bond donors (Lipinski definition) is 1. The minimum atomic E-state index is 0.319. The molecule has 2 heterocycles. The van der Waals surface area contributed by atoms with E-state index in [-0.39, 0.29) is 0 Å². The molecule has 186 valence electrons. The van der Waals surface area contributed by atoms with E-state index in [1.54, 1.807) is 0 Å². The third kappa shape index (κ3) is 5.45. The van der Waals surface area contributed by atoms with Crippen LogP contribution in [0.5, 0.6) is 0 Å². The van der Waals surface area contributed by atoms with Crippen molar-refractivity contribution >= 4 is 0 Å². The van der Waals surface area contributed by atoms with Crippen molar-refractivity contribution < 1.29 is 0 Å². The largest absolute Gasteiger partial charge is 0.342 e. The van der Waals surface area contributed by atoms with Gasteiger partial charge in [-0.2, -0.15) is 0 Å². The number of nitrogens with zero attached hydrogens (tertiary/aromatic N) is 3. The van der Waals surface area contributed by atoms with Gasteiger partial charge in [0.1, 0.15) is 5.82 Å². The van der Waals surface area contributed by atoms with Gasteiger partial charge in [0.2, 0.25) is 0 Å². The van der Waals surface area contributed by atoms with Crippen LogP contribution in [-0.4, -0.2) is 52.5 Å². The average Bonchev–Trinajstić information content (AvgIpc) is 3.30. The number of piperazine rings is 1. The first-order valence-corrected chi connectivity index (χ1v) is 13.3. The number of imidazole rings is 1. The average molecular weight is 479 g/mol. The molecule has 1 aliphatic rings. The highest BCUT2D eigenvalue weighted by Crippen LogP contribution is 2.33. The maximum absolute atomic E-state index is 5.11. The van der Waals surface area contributed by atoms with Gasteiger partial charge in [-0.1, -0.05) is 105 Å². The Labute approximate surface area is 216 Å². The van der Waals surface area contributed by atoms with Gasteiger partial charge >= 0.3 is 0 Å². The summed E-state index contributed by atoms with van der Waals surface area (Å²) in [4.78, 5) is 14.0. The molecular weight excluding hydrogens is 440 g/mol. The molecular formula is C32H38N4. The number of aromatic amines is 1. The summed E-state index contributed by atoms with van der Waals surface area (Å²) >= 11 is 0. The molecule has 1 aromatic heterocycles. The molecule has 5 rings (SSSR count). The van der Waals surface area contributed by atoms with Gasteiger partial charge in [0.15, 0.2) is 0 Å². The maximum Gasteiger partial charge on any atom is 0.137 e. The summed E-state index contributed by atoms with van der Waals surface area (Å²) in [5.74, 6) is 1.85. The molecule has 36 heavy (non-hydrogen) atoms. The Morgan fingerprint density at radius 3 is 1.81 bits per heavy atom. The fourth-order valence-electron chi connectivity index (χ4n) is 5.66. The lowest BCUT2D eigenvalue weighted by atomic mass is 9.90. The zero-order valence-corrected chi connectivity index (χ0v) is 21.8. The number of benzene rings is 3. The number of H-pyrrole nitrogens is 1. The summed E-state index contributed by atoms with van der Waals surface area (Å²) in [6, 6.07) is 32.7. The van der Waals surface area contributed by atoms with Crippen molar-refractivity contribution in [1.82, 2.24) is 19.8 Å². The van der Waals surface area contributed by atoms with Crippen molar-refractivity contribution in [3.05, 3.63) is 114 Å². The second-order valence-electron chi connectivity index (χ2n) is 10.4. The van der Waals surface area contributed by atoms with Gasteiger partial charge in [-0.15, -0.1) is 0 Å². The van der Waals surface area contributed by atoms with Crippen LogP contribution in [0.2, 0.25) is 0 Å². The highest BCUT2D eigenvalue weighted by atomic mass is 15.3. The van der Waals surface area contributed by atoms with E-state index in [1.807, 2.05) is 0 Å². The Balaban J connectivity index is 1.30. The summed E-state index contributed by atoms with van der Waals surface area (Å²) in [6.07, 6.45) is 0. The molecule has 1 aliphatic heterocycles. The van der Waals surface area contributed by atoms with Gasteiger partial charge in [0.05, 0.1) is 11.7 Å². The van der Waals surface area contributed by atoms with Crippen molar-refractivity contribution in [2.75, 3.05) is 32.7 Å². The van der Waals surface area contributed by atoms with Crippen molar-refractivity contribution in [3.63, 3.8) is 0 Å². The first-order valence-electron chi connectivity index (χ1n) is 13.3. The minimum Gasteiger partial charge on any atom is -0.342 e. The first kappa shape index (κ1) is 24.5.